The summed E-state index contributed by atoms with van der Waals surface area (Å²) in [5, 5.41) is 9.58. The number of amides is 2. The molecule has 1 aliphatic heterocycles. The van der Waals surface area contributed by atoms with Gasteiger partial charge in [-0.25, -0.2) is 4.79 Å². The lowest BCUT2D eigenvalue weighted by atomic mass is 10.1. The molecule has 1 fully saturated rings. The van der Waals surface area contributed by atoms with Crippen molar-refractivity contribution in [1.29, 1.82) is 0 Å². The van der Waals surface area contributed by atoms with Crippen LogP contribution >= 0.6 is 12.2 Å². The molecule has 188 valence electrons. The Morgan fingerprint density at radius 3 is 2.16 bits per heavy atom. The van der Waals surface area contributed by atoms with Crippen molar-refractivity contribution in [2.24, 2.45) is 0 Å². The molecule has 0 spiro atoms. The van der Waals surface area contributed by atoms with Crippen LogP contribution in [-0.2, 0) is 9.59 Å². The molecular formula is C30H22N2O5S. The third-order valence-corrected chi connectivity index (χ3v) is 6.71. The Morgan fingerprint density at radius 2 is 1.47 bits per heavy atom. The molecule has 1 aromatic heterocycles. The van der Waals surface area contributed by atoms with E-state index in [9.17, 15) is 19.5 Å². The van der Waals surface area contributed by atoms with E-state index in [-0.39, 0.29) is 22.0 Å². The quantitative estimate of drug-likeness (QED) is 0.196. The number of carbonyl (C=O) groups is 3. The van der Waals surface area contributed by atoms with Crippen LogP contribution in [0.25, 0.3) is 17.4 Å². The maximum absolute atomic E-state index is 13.7. The van der Waals surface area contributed by atoms with Crippen molar-refractivity contribution in [3.05, 3.63) is 113 Å². The number of anilines is 2. The predicted molar refractivity (Wildman–Crippen MR) is 149 cm³/mol. The second-order valence-electron chi connectivity index (χ2n) is 8.78. The van der Waals surface area contributed by atoms with E-state index in [1.165, 1.54) is 21.9 Å². The first-order valence-corrected chi connectivity index (χ1v) is 12.2. The van der Waals surface area contributed by atoms with Gasteiger partial charge in [-0.1, -0.05) is 42.5 Å². The Bertz CT molecular complexity index is 1640. The highest BCUT2D eigenvalue weighted by Gasteiger charge is 2.41. The smallest absolute Gasteiger partial charge is 0.336 e. The summed E-state index contributed by atoms with van der Waals surface area (Å²) in [5.41, 5.74) is 3.40. The molecule has 4 aromatic rings. The van der Waals surface area contributed by atoms with E-state index in [0.29, 0.717) is 22.7 Å². The van der Waals surface area contributed by atoms with Gasteiger partial charge >= 0.3 is 5.97 Å². The molecule has 0 unspecified atom stereocenters. The number of aromatic carboxylic acids is 1. The molecule has 2 heterocycles. The van der Waals surface area contributed by atoms with Crippen molar-refractivity contribution in [3.63, 3.8) is 0 Å². The fraction of sp³-hybridized carbons (Fsp3) is 0.0667. The van der Waals surface area contributed by atoms with E-state index in [1.54, 1.807) is 60.7 Å². The Morgan fingerprint density at radius 1 is 0.816 bits per heavy atom. The summed E-state index contributed by atoms with van der Waals surface area (Å²) in [6.45, 7) is 3.91. The average Bonchev–Trinajstić information content (AvgIpc) is 3.38. The van der Waals surface area contributed by atoms with Gasteiger partial charge in [0.1, 0.15) is 17.1 Å². The predicted octanol–water partition coefficient (Wildman–Crippen LogP) is 6.01. The number of carboxylic acid groups (broad SMARTS) is 1. The lowest BCUT2D eigenvalue weighted by Gasteiger charge is -2.36. The van der Waals surface area contributed by atoms with E-state index >= 15 is 0 Å². The summed E-state index contributed by atoms with van der Waals surface area (Å²) in [6.07, 6.45) is 1.36. The molecule has 8 heteroatoms. The highest BCUT2D eigenvalue weighted by atomic mass is 32.1. The monoisotopic (exact) mass is 522 g/mol. The number of carbonyl (C=O) groups excluding carboxylic acids is 2. The van der Waals surface area contributed by atoms with Crippen molar-refractivity contribution in [2.45, 2.75) is 13.8 Å². The molecule has 1 N–H and O–H groups in total. The number of benzene rings is 3. The summed E-state index contributed by atoms with van der Waals surface area (Å²) in [4.78, 5) is 41.7. The molecule has 0 bridgehead atoms. The van der Waals surface area contributed by atoms with Crippen LogP contribution in [0.4, 0.5) is 11.4 Å². The van der Waals surface area contributed by atoms with Gasteiger partial charge in [-0.3, -0.25) is 19.4 Å². The van der Waals surface area contributed by atoms with Crippen molar-refractivity contribution in [2.75, 3.05) is 9.80 Å². The zero-order chi connectivity index (χ0) is 27.0. The Labute approximate surface area is 224 Å². The van der Waals surface area contributed by atoms with Crippen molar-refractivity contribution in [3.8, 4) is 11.3 Å². The minimum absolute atomic E-state index is 0.0436. The molecule has 1 saturated heterocycles. The van der Waals surface area contributed by atoms with Crippen LogP contribution in [0.3, 0.4) is 0 Å². The maximum Gasteiger partial charge on any atom is 0.336 e. The van der Waals surface area contributed by atoms with Crippen LogP contribution < -0.4 is 9.80 Å². The molecule has 0 saturated carbocycles. The summed E-state index contributed by atoms with van der Waals surface area (Å²) in [5.74, 6) is -1.75. The van der Waals surface area contributed by atoms with Crippen LogP contribution in [0.15, 0.2) is 94.9 Å². The highest BCUT2D eigenvalue weighted by molar-refractivity contribution is 7.81. The van der Waals surface area contributed by atoms with Crippen LogP contribution in [0.1, 0.15) is 27.2 Å². The number of carboxylic acids is 1. The van der Waals surface area contributed by atoms with Gasteiger partial charge in [0.25, 0.3) is 11.8 Å². The first kappa shape index (κ1) is 24.9. The normalized spacial score (nSPS) is 14.9. The average molecular weight is 523 g/mol. The number of nitrogens with zero attached hydrogens (tertiary/aromatic N) is 2. The van der Waals surface area contributed by atoms with Crippen LogP contribution in [0, 0.1) is 13.8 Å². The van der Waals surface area contributed by atoms with E-state index < -0.39 is 17.8 Å². The van der Waals surface area contributed by atoms with Crippen LogP contribution in [-0.4, -0.2) is 28.0 Å². The first-order chi connectivity index (χ1) is 18.3. The van der Waals surface area contributed by atoms with E-state index in [4.69, 9.17) is 16.6 Å². The van der Waals surface area contributed by atoms with Gasteiger partial charge in [0.15, 0.2) is 5.11 Å². The third kappa shape index (κ3) is 4.42. The molecular weight excluding hydrogens is 500 g/mol. The summed E-state index contributed by atoms with van der Waals surface area (Å²) in [7, 11) is 0. The molecule has 1 aliphatic rings. The van der Waals surface area contributed by atoms with Gasteiger partial charge in [0.2, 0.25) is 0 Å². The summed E-state index contributed by atoms with van der Waals surface area (Å²) < 4.78 is 5.89. The molecule has 7 nitrogen and oxygen atoms in total. The van der Waals surface area contributed by atoms with Crippen LogP contribution in [0.5, 0.6) is 0 Å². The van der Waals surface area contributed by atoms with Crippen LogP contribution in [0.2, 0.25) is 0 Å². The van der Waals surface area contributed by atoms with Crippen molar-refractivity contribution in [1.82, 2.24) is 0 Å². The Balaban J connectivity index is 1.61. The van der Waals surface area contributed by atoms with Gasteiger partial charge in [-0.2, -0.15) is 0 Å². The van der Waals surface area contributed by atoms with Gasteiger partial charge in [0, 0.05) is 5.56 Å². The Hall–Kier alpha value is -4.82. The van der Waals surface area contributed by atoms with Gasteiger partial charge in [0.05, 0.1) is 16.9 Å². The SMILES string of the molecule is Cc1ccc(N2C(=O)/C(=C/c3ccc(-c4ccccc4C(=O)O)o3)C(=O)N(c3ccccc3)C2=S)cc1C. The van der Waals surface area contributed by atoms with Crippen molar-refractivity contribution < 1.29 is 23.9 Å². The molecule has 2 amide bonds. The fourth-order valence-corrected chi connectivity index (χ4v) is 4.61. The fourth-order valence-electron chi connectivity index (χ4n) is 4.23. The van der Waals surface area contributed by atoms with Crippen molar-refractivity contribution >= 4 is 52.6 Å². The number of rotatable bonds is 5. The second kappa shape index (κ2) is 9.91. The number of hydrogen-bond acceptors (Lipinski definition) is 5. The summed E-state index contributed by atoms with van der Waals surface area (Å²) in [6, 6.07) is 24.0. The number of thiocarbonyl (C=S) groups is 1. The number of furan rings is 1. The topological polar surface area (TPSA) is 91.1 Å². The van der Waals surface area contributed by atoms with E-state index in [0.717, 1.165) is 11.1 Å². The van der Waals surface area contributed by atoms with E-state index in [1.807, 2.05) is 32.0 Å². The van der Waals surface area contributed by atoms with Gasteiger partial charge in [-0.05, 0) is 85.7 Å². The lowest BCUT2D eigenvalue weighted by Crippen LogP contribution is -2.57. The zero-order valence-corrected chi connectivity index (χ0v) is 21.4. The maximum atomic E-state index is 13.7. The number of aryl methyl sites for hydroxylation is 2. The standard InChI is InChI=1S/C30H22N2O5S/c1-18-12-13-21(16-19(18)2)32-28(34)25(27(33)31(30(32)38)20-8-4-3-5-9-20)17-22-14-15-26(37-22)23-10-6-7-11-24(23)29(35)36/h3-17H,1-2H3,(H,35,36)/b25-17+. The third-order valence-electron chi connectivity index (χ3n) is 6.35. The van der Waals surface area contributed by atoms with Gasteiger partial charge in [-0.15, -0.1) is 0 Å². The minimum atomic E-state index is -1.09. The molecule has 3 aromatic carbocycles. The summed E-state index contributed by atoms with van der Waals surface area (Å²) >= 11 is 5.67. The van der Waals surface area contributed by atoms with E-state index in [2.05, 4.69) is 0 Å². The first-order valence-electron chi connectivity index (χ1n) is 11.8. The number of para-hydroxylation sites is 1. The second-order valence-corrected chi connectivity index (χ2v) is 9.14. The molecule has 0 atom stereocenters. The Kier molecular flexibility index (Phi) is 6.48. The molecule has 0 radical (unpaired) electrons. The molecule has 38 heavy (non-hydrogen) atoms. The zero-order valence-electron chi connectivity index (χ0n) is 20.5. The van der Waals surface area contributed by atoms with Gasteiger partial charge < -0.3 is 9.52 Å². The minimum Gasteiger partial charge on any atom is -0.478 e. The molecule has 0 aliphatic carbocycles. The molecule has 5 rings (SSSR count). The largest absolute Gasteiger partial charge is 0.478 e. The lowest BCUT2D eigenvalue weighted by molar-refractivity contribution is -0.120. The highest BCUT2D eigenvalue weighted by Crippen LogP contribution is 2.32. The number of hydrogen-bond donors (Lipinski definition) is 1.